The van der Waals surface area contributed by atoms with Crippen LogP contribution >= 0.6 is 0 Å². The predicted molar refractivity (Wildman–Crippen MR) is 147 cm³/mol. The molecule has 4 nitrogen and oxygen atoms in total. The molecule has 3 aromatic heterocycles. The Morgan fingerprint density at radius 1 is 0.556 bits per heavy atom. The second kappa shape index (κ2) is 7.27. The van der Waals surface area contributed by atoms with Crippen LogP contribution in [-0.4, -0.2) is 14.5 Å². The van der Waals surface area contributed by atoms with Gasteiger partial charge in [-0.1, -0.05) is 72.8 Å². The average molecular weight is 462 g/mol. The number of hydrogen-bond donors (Lipinski definition) is 0. The number of hydrogen-bond acceptors (Lipinski definition) is 3. The third-order valence-electron chi connectivity index (χ3n) is 7.01. The molecule has 0 aliphatic carbocycles. The maximum atomic E-state index is 6.05. The zero-order valence-corrected chi connectivity index (χ0v) is 19.2. The quantitative estimate of drug-likeness (QED) is 0.260. The van der Waals surface area contributed by atoms with Gasteiger partial charge < -0.3 is 8.98 Å². The molecule has 0 saturated heterocycles. The lowest BCUT2D eigenvalue weighted by atomic mass is 10.0. The van der Waals surface area contributed by atoms with Gasteiger partial charge in [-0.15, -0.1) is 0 Å². The van der Waals surface area contributed by atoms with Crippen LogP contribution in [-0.2, 0) is 0 Å². The topological polar surface area (TPSA) is 43.9 Å². The van der Waals surface area contributed by atoms with Gasteiger partial charge in [-0.3, -0.25) is 0 Å². The van der Waals surface area contributed by atoms with Crippen molar-refractivity contribution in [2.24, 2.45) is 0 Å². The van der Waals surface area contributed by atoms with Crippen LogP contribution in [0.4, 0.5) is 0 Å². The summed E-state index contributed by atoms with van der Waals surface area (Å²) in [5, 5.41) is 3.49. The Morgan fingerprint density at radius 2 is 1.25 bits per heavy atom. The Hall–Kier alpha value is -4.96. The molecule has 0 aliphatic heterocycles. The van der Waals surface area contributed by atoms with Gasteiger partial charge in [0.25, 0.3) is 0 Å². The fraction of sp³-hybridized carbons (Fsp3) is 0. The van der Waals surface area contributed by atoms with Gasteiger partial charge in [-0.2, -0.15) is 0 Å². The lowest BCUT2D eigenvalue weighted by Crippen LogP contribution is -1.95. The smallest absolute Gasteiger partial charge is 0.246 e. The molecule has 8 aromatic rings. The Kier molecular flexibility index (Phi) is 3.91. The predicted octanol–water partition coefficient (Wildman–Crippen LogP) is 8.29. The van der Waals surface area contributed by atoms with E-state index in [4.69, 9.17) is 14.4 Å². The number of rotatable bonds is 2. The molecule has 36 heavy (non-hydrogen) atoms. The van der Waals surface area contributed by atoms with Crippen LogP contribution in [0, 0.1) is 0 Å². The summed E-state index contributed by atoms with van der Waals surface area (Å²) in [5.41, 5.74) is 9.48. The minimum absolute atomic E-state index is 0.565. The summed E-state index contributed by atoms with van der Waals surface area (Å²) in [7, 11) is 0. The number of benzene rings is 5. The molecule has 0 fully saturated rings. The average Bonchev–Trinajstić information content (AvgIpc) is 3.47. The number of nitrogens with zero attached hydrogens (tertiary/aromatic N) is 3. The van der Waals surface area contributed by atoms with E-state index < -0.39 is 0 Å². The molecule has 8 rings (SSSR count). The zero-order valence-electron chi connectivity index (χ0n) is 19.2. The molecule has 0 radical (unpaired) electrons. The van der Waals surface area contributed by atoms with Crippen molar-refractivity contribution in [2.75, 3.05) is 0 Å². The van der Waals surface area contributed by atoms with E-state index in [0.29, 0.717) is 5.71 Å². The van der Waals surface area contributed by atoms with E-state index in [-0.39, 0.29) is 0 Å². The first-order valence-electron chi connectivity index (χ1n) is 12.0. The standard InChI is InChI=1S/C32H19N3O/c1-4-16-27-23(11-1)24-12-2-5-17-28(24)35(27)21-10-7-9-20(19-21)22-14-8-15-26-30(22)34-32-31(33-26)25-13-3-6-18-29(25)36-32/h1-19H. The first-order valence-corrected chi connectivity index (χ1v) is 12.0. The fourth-order valence-electron chi connectivity index (χ4n) is 5.41. The van der Waals surface area contributed by atoms with Gasteiger partial charge in [0.1, 0.15) is 16.6 Å². The SMILES string of the molecule is c1cc(-c2cccc3nc4c(nc23)oc2ccccc24)cc(-n2c3ccccc3c3ccccc32)c1. The Bertz CT molecular complexity index is 2060. The Balaban J connectivity index is 1.38. The van der Waals surface area contributed by atoms with Crippen molar-refractivity contribution in [2.45, 2.75) is 0 Å². The first kappa shape index (κ1) is 19.4. The van der Waals surface area contributed by atoms with Crippen molar-refractivity contribution in [3.8, 4) is 16.8 Å². The Labute approximate surface area is 206 Å². The maximum absolute atomic E-state index is 6.05. The molecule has 0 unspecified atom stereocenters. The van der Waals surface area contributed by atoms with E-state index in [1.807, 2.05) is 36.4 Å². The molecule has 0 bridgehead atoms. The van der Waals surface area contributed by atoms with Crippen molar-refractivity contribution in [1.29, 1.82) is 0 Å². The highest BCUT2D eigenvalue weighted by molar-refractivity contribution is 6.09. The molecule has 0 saturated carbocycles. The van der Waals surface area contributed by atoms with Crippen LogP contribution in [0.25, 0.3) is 71.9 Å². The molecule has 0 N–H and O–H groups in total. The number of furan rings is 1. The second-order valence-corrected chi connectivity index (χ2v) is 9.07. The summed E-state index contributed by atoms with van der Waals surface area (Å²) in [4.78, 5) is 9.89. The van der Waals surface area contributed by atoms with E-state index in [9.17, 15) is 0 Å². The summed E-state index contributed by atoms with van der Waals surface area (Å²) in [5.74, 6) is 0. The third kappa shape index (κ3) is 2.70. The van der Waals surface area contributed by atoms with Crippen LogP contribution in [0.1, 0.15) is 0 Å². The maximum Gasteiger partial charge on any atom is 0.246 e. The monoisotopic (exact) mass is 461 g/mol. The van der Waals surface area contributed by atoms with Crippen LogP contribution < -0.4 is 0 Å². The van der Waals surface area contributed by atoms with Crippen molar-refractivity contribution >= 4 is 55.0 Å². The zero-order chi connectivity index (χ0) is 23.6. The number of para-hydroxylation sites is 4. The van der Waals surface area contributed by atoms with Gasteiger partial charge >= 0.3 is 0 Å². The molecular weight excluding hydrogens is 442 g/mol. The van der Waals surface area contributed by atoms with Crippen LogP contribution in [0.2, 0.25) is 0 Å². The summed E-state index contributed by atoms with van der Waals surface area (Å²) in [6.07, 6.45) is 0. The molecule has 168 valence electrons. The van der Waals surface area contributed by atoms with Crippen LogP contribution in [0.3, 0.4) is 0 Å². The first-order chi connectivity index (χ1) is 17.8. The summed E-state index contributed by atoms with van der Waals surface area (Å²) in [6.45, 7) is 0. The van der Waals surface area contributed by atoms with Crippen LogP contribution in [0.5, 0.6) is 0 Å². The van der Waals surface area contributed by atoms with Gasteiger partial charge in [0.05, 0.1) is 16.6 Å². The van der Waals surface area contributed by atoms with Gasteiger partial charge in [-0.25, -0.2) is 9.97 Å². The number of fused-ring (bicyclic) bond motifs is 7. The largest absolute Gasteiger partial charge is 0.436 e. The van der Waals surface area contributed by atoms with Gasteiger partial charge in [0.2, 0.25) is 5.71 Å². The minimum Gasteiger partial charge on any atom is -0.436 e. The van der Waals surface area contributed by atoms with E-state index in [2.05, 4.69) is 83.4 Å². The molecule has 0 atom stereocenters. The van der Waals surface area contributed by atoms with Crippen molar-refractivity contribution in [1.82, 2.24) is 14.5 Å². The molecular formula is C32H19N3O. The van der Waals surface area contributed by atoms with Crippen LogP contribution in [0.15, 0.2) is 120 Å². The molecule has 4 heteroatoms. The number of aromatic nitrogens is 3. The van der Waals surface area contributed by atoms with Crippen molar-refractivity contribution < 1.29 is 4.42 Å². The second-order valence-electron chi connectivity index (χ2n) is 9.07. The molecule has 0 amide bonds. The molecule has 0 aliphatic rings. The normalized spacial score (nSPS) is 11.9. The van der Waals surface area contributed by atoms with E-state index in [0.717, 1.165) is 44.3 Å². The minimum atomic E-state index is 0.565. The van der Waals surface area contributed by atoms with Crippen molar-refractivity contribution in [3.05, 3.63) is 115 Å². The van der Waals surface area contributed by atoms with Gasteiger partial charge in [0.15, 0.2) is 0 Å². The Morgan fingerprint density at radius 3 is 2.06 bits per heavy atom. The summed E-state index contributed by atoms with van der Waals surface area (Å²) >= 11 is 0. The third-order valence-corrected chi connectivity index (χ3v) is 7.01. The van der Waals surface area contributed by atoms with E-state index in [1.165, 1.54) is 21.8 Å². The van der Waals surface area contributed by atoms with E-state index >= 15 is 0 Å². The summed E-state index contributed by atoms with van der Waals surface area (Å²) < 4.78 is 8.39. The lowest BCUT2D eigenvalue weighted by Gasteiger charge is -2.11. The molecule has 5 aromatic carbocycles. The highest BCUT2D eigenvalue weighted by atomic mass is 16.3. The highest BCUT2D eigenvalue weighted by Gasteiger charge is 2.15. The summed E-state index contributed by atoms with van der Waals surface area (Å²) in [6, 6.07) is 39.9. The fourth-order valence-corrected chi connectivity index (χ4v) is 5.41. The van der Waals surface area contributed by atoms with Crippen molar-refractivity contribution in [3.63, 3.8) is 0 Å². The molecule has 3 heterocycles. The van der Waals surface area contributed by atoms with Gasteiger partial charge in [-0.05, 0) is 48.0 Å². The van der Waals surface area contributed by atoms with Gasteiger partial charge in [0, 0.05) is 27.4 Å². The molecule has 0 spiro atoms. The highest BCUT2D eigenvalue weighted by Crippen LogP contribution is 2.35. The lowest BCUT2D eigenvalue weighted by molar-refractivity contribution is 0.655. The van der Waals surface area contributed by atoms with E-state index in [1.54, 1.807) is 0 Å².